The zero-order valence-corrected chi connectivity index (χ0v) is 14.1. The minimum Gasteiger partial charge on any atom is -0.453 e. The molecule has 0 aliphatic carbocycles. The fourth-order valence-corrected chi connectivity index (χ4v) is 2.83. The highest BCUT2D eigenvalue weighted by Crippen LogP contribution is 2.31. The molecular formula is C17H19N3O7. The van der Waals surface area contributed by atoms with E-state index in [1.807, 2.05) is 0 Å². The van der Waals surface area contributed by atoms with E-state index >= 15 is 0 Å². The van der Waals surface area contributed by atoms with E-state index in [1.54, 1.807) is 18.2 Å². The van der Waals surface area contributed by atoms with Crippen LogP contribution in [0.3, 0.4) is 0 Å². The Balaban J connectivity index is 1.87. The predicted molar refractivity (Wildman–Crippen MR) is 91.5 cm³/mol. The Hall–Kier alpha value is -2.79. The van der Waals surface area contributed by atoms with Crippen LogP contribution in [0.5, 0.6) is 0 Å². The number of hydrogen-bond donors (Lipinski definition) is 4. The van der Waals surface area contributed by atoms with Crippen LogP contribution in [0.4, 0.5) is 5.82 Å². The molecular weight excluding hydrogens is 358 g/mol. The molecule has 0 radical (unpaired) electrons. The molecule has 10 heteroatoms. The second-order valence-electron chi connectivity index (χ2n) is 5.97. The molecule has 10 nitrogen and oxygen atoms in total. The van der Waals surface area contributed by atoms with E-state index in [9.17, 15) is 24.9 Å². The monoisotopic (exact) mass is 377 g/mol. The van der Waals surface area contributed by atoms with Crippen LogP contribution in [0.1, 0.15) is 22.1 Å². The summed E-state index contributed by atoms with van der Waals surface area (Å²) in [6, 6.07) is 8.12. The molecule has 0 saturated carbocycles. The molecule has 3 rings (SSSR count). The molecule has 0 bridgehead atoms. The quantitative estimate of drug-likeness (QED) is 0.469. The van der Waals surface area contributed by atoms with Gasteiger partial charge in [0.2, 0.25) is 0 Å². The number of aliphatic hydroxyl groups is 3. The van der Waals surface area contributed by atoms with Crippen molar-refractivity contribution in [1.82, 2.24) is 9.55 Å². The van der Waals surface area contributed by atoms with Crippen LogP contribution in [-0.2, 0) is 16.1 Å². The fourth-order valence-electron chi connectivity index (χ4n) is 2.83. The summed E-state index contributed by atoms with van der Waals surface area (Å²) in [6.45, 7) is -1.03. The maximum absolute atomic E-state index is 12.3. The lowest BCUT2D eigenvalue weighted by molar-refractivity contribution is -0.0564. The number of hydrogen-bond acceptors (Lipinski definition) is 9. The third kappa shape index (κ3) is 3.69. The highest BCUT2D eigenvalue weighted by molar-refractivity contribution is 5.89. The molecule has 0 amide bonds. The summed E-state index contributed by atoms with van der Waals surface area (Å²) < 4.78 is 11.7. The Morgan fingerprint density at radius 2 is 2.00 bits per heavy atom. The Bertz CT molecular complexity index is 871. The third-order valence-corrected chi connectivity index (χ3v) is 4.25. The number of aliphatic hydroxyl groups excluding tert-OH is 3. The first kappa shape index (κ1) is 19.0. The zero-order valence-electron chi connectivity index (χ0n) is 14.1. The van der Waals surface area contributed by atoms with Crippen LogP contribution in [0, 0.1) is 0 Å². The van der Waals surface area contributed by atoms with Gasteiger partial charge in [0, 0.05) is 11.8 Å². The van der Waals surface area contributed by atoms with Gasteiger partial charge in [0.05, 0.1) is 18.8 Å². The summed E-state index contributed by atoms with van der Waals surface area (Å²) >= 11 is 0. The van der Waals surface area contributed by atoms with Crippen molar-refractivity contribution in [2.24, 2.45) is 0 Å². The van der Waals surface area contributed by atoms with Gasteiger partial charge in [0.1, 0.15) is 18.0 Å². The van der Waals surface area contributed by atoms with E-state index in [2.05, 4.69) is 4.98 Å². The molecule has 5 N–H and O–H groups in total. The van der Waals surface area contributed by atoms with Gasteiger partial charge in [-0.15, -0.1) is 0 Å². The molecule has 2 heterocycles. The minimum absolute atomic E-state index is 0.142. The number of ether oxygens (including phenoxy) is 2. The van der Waals surface area contributed by atoms with Crippen molar-refractivity contribution >= 4 is 11.8 Å². The van der Waals surface area contributed by atoms with Gasteiger partial charge in [0.15, 0.2) is 12.3 Å². The summed E-state index contributed by atoms with van der Waals surface area (Å²) in [5.41, 5.74) is 5.15. The summed E-state index contributed by atoms with van der Waals surface area (Å²) in [5, 5.41) is 29.4. The van der Waals surface area contributed by atoms with Gasteiger partial charge in [-0.3, -0.25) is 4.57 Å². The first-order valence-corrected chi connectivity index (χ1v) is 8.15. The lowest BCUT2D eigenvalue weighted by Crippen LogP contribution is -2.39. The van der Waals surface area contributed by atoms with Crippen LogP contribution in [0.25, 0.3) is 0 Å². The van der Waals surface area contributed by atoms with Gasteiger partial charge in [-0.1, -0.05) is 18.2 Å². The normalized spacial score (nSPS) is 24.7. The average molecular weight is 377 g/mol. The molecule has 0 unspecified atom stereocenters. The lowest BCUT2D eigenvalue weighted by Gasteiger charge is -2.20. The van der Waals surface area contributed by atoms with Gasteiger partial charge in [-0.25, -0.2) is 9.59 Å². The van der Waals surface area contributed by atoms with E-state index in [-0.39, 0.29) is 16.9 Å². The predicted octanol–water partition coefficient (Wildman–Crippen LogP) is -1.21. The van der Waals surface area contributed by atoms with Crippen molar-refractivity contribution in [3.8, 4) is 0 Å². The Morgan fingerprint density at radius 1 is 1.30 bits per heavy atom. The highest BCUT2D eigenvalue weighted by Gasteiger charge is 2.47. The van der Waals surface area contributed by atoms with Crippen LogP contribution in [0.15, 0.2) is 41.3 Å². The van der Waals surface area contributed by atoms with Crippen LogP contribution < -0.4 is 11.4 Å². The second kappa shape index (κ2) is 7.84. The maximum atomic E-state index is 12.3. The first-order valence-electron chi connectivity index (χ1n) is 8.15. The second-order valence-corrected chi connectivity index (χ2v) is 5.97. The summed E-state index contributed by atoms with van der Waals surface area (Å²) in [5.74, 6) is -0.849. The average Bonchev–Trinajstić information content (AvgIpc) is 2.98. The first-order chi connectivity index (χ1) is 13.0. The molecule has 0 spiro atoms. The number of carbonyl (C=O) groups is 1. The van der Waals surface area contributed by atoms with Crippen molar-refractivity contribution in [2.45, 2.75) is 31.1 Å². The molecule has 1 saturated heterocycles. The van der Waals surface area contributed by atoms with Crippen molar-refractivity contribution in [3.63, 3.8) is 0 Å². The molecule has 4 atom stereocenters. The summed E-state index contributed by atoms with van der Waals surface area (Å²) in [4.78, 5) is 27.9. The van der Waals surface area contributed by atoms with Crippen molar-refractivity contribution in [3.05, 3.63) is 58.1 Å². The van der Waals surface area contributed by atoms with Crippen molar-refractivity contribution in [2.75, 3.05) is 12.3 Å². The van der Waals surface area contributed by atoms with E-state index in [0.717, 1.165) is 4.57 Å². The van der Waals surface area contributed by atoms with Crippen LogP contribution in [0.2, 0.25) is 0 Å². The number of anilines is 1. The number of benzene rings is 1. The largest absolute Gasteiger partial charge is 0.453 e. The van der Waals surface area contributed by atoms with E-state index < -0.39 is 49.4 Å². The van der Waals surface area contributed by atoms with Crippen molar-refractivity contribution < 1.29 is 29.6 Å². The summed E-state index contributed by atoms with van der Waals surface area (Å²) in [6.07, 6.45) is -3.80. The molecule has 144 valence electrons. The van der Waals surface area contributed by atoms with E-state index in [0.29, 0.717) is 0 Å². The SMILES string of the molecule is Nc1nc(=O)n([C@@H]2O[C@H](CO)[C@@H](OC(=O)c3ccccc3)[C@@H]2O)cc1CO. The van der Waals surface area contributed by atoms with Crippen molar-refractivity contribution in [1.29, 1.82) is 0 Å². The smallest absolute Gasteiger partial charge is 0.351 e. The number of nitrogen functional groups attached to an aromatic ring is 1. The Labute approximate surface area is 153 Å². The number of aromatic nitrogens is 2. The number of nitrogens with zero attached hydrogens (tertiary/aromatic N) is 2. The minimum atomic E-state index is -1.45. The summed E-state index contributed by atoms with van der Waals surface area (Å²) in [7, 11) is 0. The van der Waals surface area contributed by atoms with Gasteiger partial charge >= 0.3 is 11.7 Å². The highest BCUT2D eigenvalue weighted by atomic mass is 16.6. The van der Waals surface area contributed by atoms with E-state index in [4.69, 9.17) is 15.2 Å². The number of esters is 1. The van der Waals surface area contributed by atoms with Crippen LogP contribution >= 0.6 is 0 Å². The third-order valence-electron chi connectivity index (χ3n) is 4.25. The van der Waals surface area contributed by atoms with E-state index in [1.165, 1.54) is 18.3 Å². The van der Waals surface area contributed by atoms with Gasteiger partial charge < -0.3 is 30.5 Å². The molecule has 2 aromatic rings. The molecule has 1 fully saturated rings. The maximum Gasteiger partial charge on any atom is 0.351 e. The zero-order chi connectivity index (χ0) is 19.6. The molecule has 1 aromatic carbocycles. The molecule has 1 aromatic heterocycles. The van der Waals surface area contributed by atoms with Crippen LogP contribution in [-0.4, -0.2) is 55.8 Å². The Morgan fingerprint density at radius 3 is 2.63 bits per heavy atom. The molecule has 27 heavy (non-hydrogen) atoms. The number of rotatable bonds is 5. The topological polar surface area (TPSA) is 157 Å². The van der Waals surface area contributed by atoms with Gasteiger partial charge in [0.25, 0.3) is 0 Å². The van der Waals surface area contributed by atoms with Gasteiger partial charge in [-0.05, 0) is 12.1 Å². The molecule has 1 aliphatic heterocycles. The molecule has 1 aliphatic rings. The Kier molecular flexibility index (Phi) is 5.51. The number of carbonyl (C=O) groups excluding carboxylic acids is 1. The fraction of sp³-hybridized carbons (Fsp3) is 0.353. The standard InChI is InChI=1S/C17H19N3O7/c18-14-10(7-21)6-20(17(25)19-14)15-12(23)13(11(8-22)26-15)27-16(24)9-4-2-1-3-5-9/h1-6,11-13,15,21-23H,7-8H2,(H2,18,19,25)/t11-,12+,13-,15-/m1/s1. The lowest BCUT2D eigenvalue weighted by atomic mass is 10.1. The van der Waals surface area contributed by atoms with Gasteiger partial charge in [-0.2, -0.15) is 4.98 Å². The number of nitrogens with two attached hydrogens (primary N) is 1.